The Morgan fingerprint density at radius 1 is 0.206 bits per heavy atom. The summed E-state index contributed by atoms with van der Waals surface area (Å²) < 4.78 is 6.73. The van der Waals surface area contributed by atoms with Crippen molar-refractivity contribution in [3.05, 3.63) is 218 Å². The summed E-state index contributed by atoms with van der Waals surface area (Å²) in [6.07, 6.45) is 0. The van der Waals surface area contributed by atoms with Gasteiger partial charge in [-0.1, -0.05) is 176 Å². The minimum Gasteiger partial charge on any atom is -0.455 e. The van der Waals surface area contributed by atoms with Crippen LogP contribution in [0.2, 0.25) is 0 Å². The van der Waals surface area contributed by atoms with Gasteiger partial charge in [0.25, 0.3) is 0 Å². The van der Waals surface area contributed by atoms with E-state index >= 15 is 0 Å². The van der Waals surface area contributed by atoms with Gasteiger partial charge in [-0.15, -0.1) is 0 Å². The summed E-state index contributed by atoms with van der Waals surface area (Å²) in [5.41, 5.74) is 9.25. The lowest BCUT2D eigenvalue weighted by Crippen LogP contribution is -1.91. The summed E-state index contributed by atoms with van der Waals surface area (Å²) >= 11 is 0. The Balaban J connectivity index is 0.945. The van der Waals surface area contributed by atoms with Crippen LogP contribution < -0.4 is 0 Å². The van der Waals surface area contributed by atoms with Crippen molar-refractivity contribution in [3.63, 3.8) is 0 Å². The summed E-state index contributed by atoms with van der Waals surface area (Å²) in [4.78, 5) is 0. The zero-order valence-corrected chi connectivity index (χ0v) is 34.2. The number of furan rings is 1. The van der Waals surface area contributed by atoms with E-state index < -0.39 is 0 Å². The van der Waals surface area contributed by atoms with Crippen molar-refractivity contribution in [3.8, 4) is 33.4 Å². The van der Waals surface area contributed by atoms with Crippen LogP contribution in [-0.4, -0.2) is 0 Å². The maximum atomic E-state index is 6.73. The molecule has 0 fully saturated rings. The molecule has 0 saturated carbocycles. The normalized spacial score (nSPS) is 12.1. The van der Waals surface area contributed by atoms with Gasteiger partial charge in [-0.05, 0) is 157 Å². The third kappa shape index (κ3) is 5.11. The fourth-order valence-electron chi connectivity index (χ4n) is 10.8. The highest BCUT2D eigenvalue weighted by molar-refractivity contribution is 6.30. The molecular weight excluding hydrogens is 761 g/mol. The number of hydrogen-bond acceptors (Lipinski definition) is 1. The molecule has 0 aliphatic rings. The third-order valence-corrected chi connectivity index (χ3v) is 13.8. The molecule has 1 heterocycles. The first-order valence-corrected chi connectivity index (χ1v) is 21.8. The summed E-state index contributed by atoms with van der Waals surface area (Å²) in [7, 11) is 0. The molecule has 63 heavy (non-hydrogen) atoms. The summed E-state index contributed by atoms with van der Waals surface area (Å²) in [6, 6.07) is 80.7. The van der Waals surface area contributed by atoms with E-state index in [1.807, 2.05) is 0 Å². The van der Waals surface area contributed by atoms with Crippen molar-refractivity contribution >= 4 is 108 Å². The summed E-state index contributed by atoms with van der Waals surface area (Å²) in [6.45, 7) is 0. The van der Waals surface area contributed by atoms with Crippen molar-refractivity contribution in [2.75, 3.05) is 0 Å². The van der Waals surface area contributed by atoms with E-state index in [0.29, 0.717) is 0 Å². The van der Waals surface area contributed by atoms with Crippen LogP contribution in [0.3, 0.4) is 0 Å². The average molecular weight is 797 g/mol. The molecule has 0 radical (unpaired) electrons. The Labute approximate surface area is 362 Å². The molecule has 14 rings (SSSR count). The van der Waals surface area contributed by atoms with Gasteiger partial charge < -0.3 is 4.42 Å². The lowest BCUT2D eigenvalue weighted by Gasteiger charge is -2.19. The molecule has 0 bridgehead atoms. The van der Waals surface area contributed by atoms with Gasteiger partial charge in [0, 0.05) is 16.2 Å². The Bertz CT molecular complexity index is 4190. The van der Waals surface area contributed by atoms with Crippen molar-refractivity contribution in [2.24, 2.45) is 0 Å². The van der Waals surface area contributed by atoms with E-state index in [1.165, 1.54) is 114 Å². The predicted octanol–water partition coefficient (Wildman–Crippen LogP) is 17.8. The highest BCUT2D eigenvalue weighted by atomic mass is 16.3. The quantitative estimate of drug-likeness (QED) is 0.128. The zero-order valence-electron chi connectivity index (χ0n) is 34.2. The molecule has 0 unspecified atom stereocenters. The van der Waals surface area contributed by atoms with Gasteiger partial charge >= 0.3 is 0 Å². The van der Waals surface area contributed by atoms with Crippen molar-refractivity contribution in [2.45, 2.75) is 0 Å². The first kappa shape index (κ1) is 34.5. The average Bonchev–Trinajstić information content (AvgIpc) is 3.72. The molecule has 1 nitrogen and oxygen atoms in total. The van der Waals surface area contributed by atoms with E-state index in [-0.39, 0.29) is 0 Å². The van der Waals surface area contributed by atoms with Crippen LogP contribution in [0.15, 0.2) is 223 Å². The smallest absolute Gasteiger partial charge is 0.143 e. The largest absolute Gasteiger partial charge is 0.455 e. The maximum absolute atomic E-state index is 6.73. The van der Waals surface area contributed by atoms with E-state index in [4.69, 9.17) is 4.42 Å². The van der Waals surface area contributed by atoms with E-state index in [1.54, 1.807) is 0 Å². The van der Waals surface area contributed by atoms with Crippen molar-refractivity contribution in [1.29, 1.82) is 0 Å². The highest BCUT2D eigenvalue weighted by Gasteiger charge is 2.20. The van der Waals surface area contributed by atoms with Gasteiger partial charge in [-0.2, -0.15) is 0 Å². The van der Waals surface area contributed by atoms with Crippen LogP contribution >= 0.6 is 0 Å². The Morgan fingerprint density at radius 2 is 0.651 bits per heavy atom. The molecular formula is C62H36O. The summed E-state index contributed by atoms with van der Waals surface area (Å²) in [5, 5.41) is 22.1. The minimum atomic E-state index is 0.918. The topological polar surface area (TPSA) is 13.1 Å². The van der Waals surface area contributed by atoms with Gasteiger partial charge in [0.1, 0.15) is 11.2 Å². The lowest BCUT2D eigenvalue weighted by atomic mass is 9.84. The number of hydrogen-bond donors (Lipinski definition) is 0. The molecule has 13 aromatic carbocycles. The second-order valence-electron chi connectivity index (χ2n) is 17.1. The van der Waals surface area contributed by atoms with Crippen LogP contribution in [0, 0.1) is 0 Å². The van der Waals surface area contributed by atoms with Gasteiger partial charge in [-0.3, -0.25) is 0 Å². The van der Waals surface area contributed by atoms with Crippen LogP contribution in [0.4, 0.5) is 0 Å². The first-order valence-electron chi connectivity index (χ1n) is 21.8. The third-order valence-electron chi connectivity index (χ3n) is 13.8. The summed E-state index contributed by atoms with van der Waals surface area (Å²) in [5.74, 6) is 0. The predicted molar refractivity (Wildman–Crippen MR) is 270 cm³/mol. The van der Waals surface area contributed by atoms with E-state index in [0.717, 1.165) is 27.3 Å². The van der Waals surface area contributed by atoms with Crippen molar-refractivity contribution in [1.82, 2.24) is 0 Å². The van der Waals surface area contributed by atoms with Crippen LogP contribution in [0.1, 0.15) is 0 Å². The minimum absolute atomic E-state index is 0.918. The molecule has 0 amide bonds. The molecule has 0 aliphatic heterocycles. The molecule has 0 atom stereocenters. The van der Waals surface area contributed by atoms with Crippen LogP contribution in [-0.2, 0) is 0 Å². The Hall–Kier alpha value is -8.26. The van der Waals surface area contributed by atoms with Crippen LogP contribution in [0.25, 0.3) is 141 Å². The Morgan fingerprint density at radius 3 is 1.33 bits per heavy atom. The number of fused-ring (bicyclic) bond motifs is 15. The monoisotopic (exact) mass is 796 g/mol. The van der Waals surface area contributed by atoms with Gasteiger partial charge in [0.2, 0.25) is 0 Å². The molecule has 0 spiro atoms. The van der Waals surface area contributed by atoms with Gasteiger partial charge in [0.05, 0.1) is 0 Å². The lowest BCUT2D eigenvalue weighted by molar-refractivity contribution is 0.673. The number of rotatable bonds is 3. The molecule has 1 aromatic heterocycles. The maximum Gasteiger partial charge on any atom is 0.143 e. The van der Waals surface area contributed by atoms with Gasteiger partial charge in [0.15, 0.2) is 0 Å². The molecule has 290 valence electrons. The molecule has 0 saturated heterocycles. The highest BCUT2D eigenvalue weighted by Crippen LogP contribution is 2.47. The van der Waals surface area contributed by atoms with Crippen LogP contribution in [0.5, 0.6) is 0 Å². The van der Waals surface area contributed by atoms with E-state index in [9.17, 15) is 0 Å². The molecule has 0 aliphatic carbocycles. The van der Waals surface area contributed by atoms with Crippen molar-refractivity contribution < 1.29 is 4.42 Å². The standard InChI is InChI=1S/C62H36O/c1-2-13-41-32-45-33-42(25-26-43(45)31-40(41)12-1)37-21-23-39(24-22-37)60-50-17-7-9-19-52(50)61(53-20-10-8-18-51(53)60)44-28-29-49-55(34-44)47-15-5-6-16-48(47)56-35-58-54-30-27-38-11-3-4-14-46(38)62(54)63-59(58)36-57(49)56/h1-36H. The fraction of sp³-hybridized carbons (Fsp3) is 0. The Kier molecular flexibility index (Phi) is 7.17. The van der Waals surface area contributed by atoms with E-state index in [2.05, 4.69) is 218 Å². The van der Waals surface area contributed by atoms with Gasteiger partial charge in [-0.25, -0.2) is 0 Å². The molecule has 1 heteroatoms. The second kappa shape index (κ2) is 13.1. The molecule has 0 N–H and O–H groups in total. The zero-order chi connectivity index (χ0) is 41.2. The first-order chi connectivity index (χ1) is 31.2. The SMILES string of the molecule is c1ccc2cc3cc(-c4ccc(-c5c6ccccc6c(-c6ccc7c(c6)c6ccccc6c6cc8c(cc76)oc6c7ccccc7ccc86)c6ccccc56)cc4)ccc3cc2c1. The molecule has 14 aromatic rings. The number of benzene rings is 13. The fourth-order valence-corrected chi connectivity index (χ4v) is 10.8. The second-order valence-corrected chi connectivity index (χ2v) is 17.1.